The van der Waals surface area contributed by atoms with Crippen LogP contribution in [0.2, 0.25) is 0 Å². The molecule has 0 aromatic heterocycles. The number of amides is 1. The third-order valence-electron chi connectivity index (χ3n) is 2.68. The van der Waals surface area contributed by atoms with Crippen LogP contribution in [-0.4, -0.2) is 47.7 Å². The van der Waals surface area contributed by atoms with E-state index in [2.05, 4.69) is 0 Å². The van der Waals surface area contributed by atoms with Crippen LogP contribution in [-0.2, 0) is 14.3 Å². The van der Waals surface area contributed by atoms with Gasteiger partial charge in [-0.25, -0.2) is 4.79 Å². The van der Waals surface area contributed by atoms with Crippen LogP contribution in [0.5, 0.6) is 0 Å². The van der Waals surface area contributed by atoms with Crippen molar-refractivity contribution in [1.82, 2.24) is 4.90 Å². The van der Waals surface area contributed by atoms with Gasteiger partial charge in [-0.3, -0.25) is 4.79 Å². The van der Waals surface area contributed by atoms with Crippen molar-refractivity contribution in [2.75, 3.05) is 13.7 Å². The van der Waals surface area contributed by atoms with E-state index in [0.717, 1.165) is 0 Å². The van der Waals surface area contributed by atoms with E-state index >= 15 is 0 Å². The molecule has 1 heterocycles. The lowest BCUT2D eigenvalue weighted by atomic mass is 10.0. The minimum Gasteiger partial charge on any atom is -0.467 e. The molecular formula is C11H19NO4. The first-order chi connectivity index (χ1) is 7.45. The molecule has 0 spiro atoms. The van der Waals surface area contributed by atoms with Crippen LogP contribution < -0.4 is 0 Å². The summed E-state index contributed by atoms with van der Waals surface area (Å²) in [4.78, 5) is 24.6. The minimum atomic E-state index is -0.660. The van der Waals surface area contributed by atoms with Gasteiger partial charge in [0, 0.05) is 6.54 Å². The summed E-state index contributed by atoms with van der Waals surface area (Å²) in [6.07, 6.45) is 0.00306. The molecule has 1 rings (SSSR count). The van der Waals surface area contributed by atoms with Crippen LogP contribution >= 0.6 is 0 Å². The van der Waals surface area contributed by atoms with Gasteiger partial charge in [-0.1, -0.05) is 13.8 Å². The van der Waals surface area contributed by atoms with Gasteiger partial charge in [0.05, 0.1) is 19.6 Å². The summed E-state index contributed by atoms with van der Waals surface area (Å²) >= 11 is 0. The first-order valence-corrected chi connectivity index (χ1v) is 5.51. The molecule has 2 unspecified atom stereocenters. The number of nitrogens with zero attached hydrogens (tertiary/aromatic N) is 1. The quantitative estimate of drug-likeness (QED) is 0.698. The highest BCUT2D eigenvalue weighted by molar-refractivity contribution is 5.86. The molecule has 5 heteroatoms. The lowest BCUT2D eigenvalue weighted by Gasteiger charge is -2.26. The van der Waals surface area contributed by atoms with Crippen molar-refractivity contribution in [1.29, 1.82) is 0 Å². The third kappa shape index (κ3) is 2.95. The normalized spacial score (nSPS) is 22.7. The first-order valence-electron chi connectivity index (χ1n) is 5.51. The summed E-state index contributed by atoms with van der Waals surface area (Å²) in [5, 5.41) is 9.39. The number of ether oxygens (including phenoxy) is 1. The van der Waals surface area contributed by atoms with E-state index < -0.39 is 18.1 Å². The Hall–Kier alpha value is -1.10. The molecule has 0 aromatic carbocycles. The fourth-order valence-corrected chi connectivity index (χ4v) is 1.95. The SMILES string of the molecule is COC(=O)C(CC(C)C)N1CC(O)CC1=O. The second-order valence-electron chi connectivity index (χ2n) is 4.57. The summed E-state index contributed by atoms with van der Waals surface area (Å²) in [7, 11) is 1.31. The van der Waals surface area contributed by atoms with Crippen LogP contribution in [0.15, 0.2) is 0 Å². The summed E-state index contributed by atoms with van der Waals surface area (Å²) in [6.45, 7) is 4.19. The smallest absolute Gasteiger partial charge is 0.328 e. The predicted octanol–water partition coefficient (Wildman–Crippen LogP) is 0.167. The van der Waals surface area contributed by atoms with Crippen LogP contribution in [0.25, 0.3) is 0 Å². The summed E-state index contributed by atoms with van der Waals surface area (Å²) in [5.41, 5.74) is 0. The number of likely N-dealkylation sites (tertiary alicyclic amines) is 1. The fraction of sp³-hybridized carbons (Fsp3) is 0.818. The Kier molecular flexibility index (Phi) is 4.29. The van der Waals surface area contributed by atoms with Gasteiger partial charge in [-0.15, -0.1) is 0 Å². The average molecular weight is 229 g/mol. The highest BCUT2D eigenvalue weighted by Crippen LogP contribution is 2.20. The molecule has 1 aliphatic rings. The molecule has 0 aliphatic carbocycles. The zero-order valence-electron chi connectivity index (χ0n) is 9.97. The van der Waals surface area contributed by atoms with Gasteiger partial charge in [0.2, 0.25) is 5.91 Å². The van der Waals surface area contributed by atoms with Gasteiger partial charge in [0.25, 0.3) is 0 Å². The van der Waals surface area contributed by atoms with E-state index in [4.69, 9.17) is 4.74 Å². The Labute approximate surface area is 95.4 Å². The lowest BCUT2D eigenvalue weighted by Crippen LogP contribution is -2.44. The fourth-order valence-electron chi connectivity index (χ4n) is 1.95. The maximum atomic E-state index is 11.6. The van der Waals surface area contributed by atoms with Crippen LogP contribution in [0.4, 0.5) is 0 Å². The molecule has 92 valence electrons. The van der Waals surface area contributed by atoms with Gasteiger partial charge in [-0.2, -0.15) is 0 Å². The molecule has 5 nitrogen and oxygen atoms in total. The van der Waals surface area contributed by atoms with Crippen molar-refractivity contribution in [3.05, 3.63) is 0 Å². The Balaban J connectivity index is 2.76. The molecule has 1 N–H and O–H groups in total. The Morgan fingerprint density at radius 2 is 2.25 bits per heavy atom. The molecule has 1 amide bonds. The first kappa shape index (κ1) is 13.0. The van der Waals surface area contributed by atoms with E-state index in [1.54, 1.807) is 0 Å². The van der Waals surface area contributed by atoms with Gasteiger partial charge in [-0.05, 0) is 12.3 Å². The molecule has 1 fully saturated rings. The Morgan fingerprint density at radius 3 is 2.62 bits per heavy atom. The molecule has 0 radical (unpaired) electrons. The van der Waals surface area contributed by atoms with E-state index in [1.165, 1.54) is 12.0 Å². The zero-order valence-corrected chi connectivity index (χ0v) is 9.97. The lowest BCUT2D eigenvalue weighted by molar-refractivity contribution is -0.151. The number of carbonyl (C=O) groups excluding carboxylic acids is 2. The maximum absolute atomic E-state index is 11.6. The number of β-amino-alcohol motifs (C(OH)–C–C–N with tert-alkyl or cyclic N) is 1. The van der Waals surface area contributed by atoms with Crippen LogP contribution in [0, 0.1) is 5.92 Å². The number of aliphatic hydroxyl groups excluding tert-OH is 1. The number of carbonyl (C=O) groups is 2. The molecule has 1 saturated heterocycles. The molecule has 0 saturated carbocycles. The van der Waals surface area contributed by atoms with Crippen LogP contribution in [0.1, 0.15) is 26.7 Å². The minimum absolute atomic E-state index is 0.103. The predicted molar refractivity (Wildman–Crippen MR) is 57.6 cm³/mol. The number of rotatable bonds is 4. The summed E-state index contributed by atoms with van der Waals surface area (Å²) < 4.78 is 4.69. The van der Waals surface area contributed by atoms with Gasteiger partial charge in [0.1, 0.15) is 6.04 Å². The molecule has 0 aromatic rings. The maximum Gasteiger partial charge on any atom is 0.328 e. The van der Waals surface area contributed by atoms with Gasteiger partial charge < -0.3 is 14.7 Å². The number of hydrogen-bond donors (Lipinski definition) is 1. The van der Waals surface area contributed by atoms with Gasteiger partial charge >= 0.3 is 5.97 Å². The van der Waals surface area contributed by atoms with Gasteiger partial charge in [0.15, 0.2) is 0 Å². The second kappa shape index (κ2) is 5.30. The van der Waals surface area contributed by atoms with Crippen LogP contribution in [0.3, 0.4) is 0 Å². The van der Waals surface area contributed by atoms with Crippen molar-refractivity contribution in [2.45, 2.75) is 38.8 Å². The summed E-state index contributed by atoms with van der Waals surface area (Å²) in [5.74, 6) is -0.297. The van der Waals surface area contributed by atoms with Crippen molar-refractivity contribution in [2.24, 2.45) is 5.92 Å². The number of esters is 1. The zero-order chi connectivity index (χ0) is 12.3. The number of hydrogen-bond acceptors (Lipinski definition) is 4. The summed E-state index contributed by atoms with van der Waals surface area (Å²) in [6, 6.07) is -0.561. The molecular weight excluding hydrogens is 210 g/mol. The highest BCUT2D eigenvalue weighted by atomic mass is 16.5. The molecule has 16 heavy (non-hydrogen) atoms. The second-order valence-corrected chi connectivity index (χ2v) is 4.57. The van der Waals surface area contributed by atoms with E-state index in [0.29, 0.717) is 6.42 Å². The molecule has 1 aliphatic heterocycles. The topological polar surface area (TPSA) is 66.8 Å². The Bertz CT molecular complexity index is 277. The number of methoxy groups -OCH3 is 1. The van der Waals surface area contributed by atoms with E-state index in [9.17, 15) is 14.7 Å². The van der Waals surface area contributed by atoms with Crippen molar-refractivity contribution < 1.29 is 19.4 Å². The van der Waals surface area contributed by atoms with E-state index in [-0.39, 0.29) is 24.8 Å². The average Bonchev–Trinajstić information content (AvgIpc) is 2.53. The largest absolute Gasteiger partial charge is 0.467 e. The van der Waals surface area contributed by atoms with Crippen molar-refractivity contribution in [3.8, 4) is 0 Å². The number of aliphatic hydroxyl groups is 1. The van der Waals surface area contributed by atoms with Crippen molar-refractivity contribution in [3.63, 3.8) is 0 Å². The third-order valence-corrected chi connectivity index (χ3v) is 2.68. The van der Waals surface area contributed by atoms with E-state index in [1.807, 2.05) is 13.8 Å². The monoisotopic (exact) mass is 229 g/mol. The van der Waals surface area contributed by atoms with Crippen molar-refractivity contribution >= 4 is 11.9 Å². The Morgan fingerprint density at radius 1 is 1.62 bits per heavy atom. The standard InChI is InChI=1S/C11H19NO4/c1-7(2)4-9(11(15)16-3)12-6-8(13)5-10(12)14/h7-9,13H,4-6H2,1-3H3. The molecule has 0 bridgehead atoms. The highest BCUT2D eigenvalue weighted by Gasteiger charge is 2.37. The molecule has 2 atom stereocenters.